The second-order valence-corrected chi connectivity index (χ2v) is 8.25. The summed E-state index contributed by atoms with van der Waals surface area (Å²) in [7, 11) is -4.65. The van der Waals surface area contributed by atoms with Crippen LogP contribution in [0.15, 0.2) is 53.4 Å². The van der Waals surface area contributed by atoms with Crippen LogP contribution in [-0.4, -0.2) is 33.3 Å². The van der Waals surface area contributed by atoms with Crippen LogP contribution in [0.25, 0.3) is 0 Å². The molecule has 3 rings (SSSR count). The van der Waals surface area contributed by atoms with Crippen LogP contribution in [0, 0.1) is 11.3 Å². The number of rotatable bonds is 5. The highest BCUT2D eigenvalue weighted by Crippen LogP contribution is 2.29. The maximum absolute atomic E-state index is 12.9. The van der Waals surface area contributed by atoms with Crippen molar-refractivity contribution >= 4 is 21.2 Å². The number of benzene rings is 2. The maximum atomic E-state index is 12.9. The lowest BCUT2D eigenvalue weighted by molar-refractivity contribution is 0.235. The molecule has 1 aliphatic rings. The second-order valence-electron chi connectivity index (χ2n) is 6.37. The predicted octanol–water partition coefficient (Wildman–Crippen LogP) is 3.64. The van der Waals surface area contributed by atoms with Crippen LogP contribution >= 0.6 is 0 Å². The molecule has 0 radical (unpaired) electrons. The van der Waals surface area contributed by atoms with E-state index in [1.54, 1.807) is 18.2 Å². The number of alkyl halides is 2. The van der Waals surface area contributed by atoms with Gasteiger partial charge in [-0.3, -0.25) is 0 Å². The molecule has 0 atom stereocenters. The average Bonchev–Trinajstić information content (AvgIpc) is 2.69. The van der Waals surface area contributed by atoms with Crippen LogP contribution in [0.5, 0.6) is 0 Å². The predicted molar refractivity (Wildman–Crippen MR) is 99.6 cm³/mol. The molecule has 0 saturated carbocycles. The largest absolute Gasteiger partial charge is 0.381 e. The van der Waals surface area contributed by atoms with Gasteiger partial charge >= 0.3 is 5.76 Å². The van der Waals surface area contributed by atoms with Gasteiger partial charge in [-0.2, -0.15) is 14.0 Å². The number of piperidine rings is 1. The van der Waals surface area contributed by atoms with E-state index in [0.717, 1.165) is 31.6 Å². The highest BCUT2D eigenvalue weighted by Gasteiger charge is 2.30. The third-order valence-corrected chi connectivity index (χ3v) is 6.08. The van der Waals surface area contributed by atoms with Gasteiger partial charge in [-0.1, -0.05) is 12.1 Å². The number of nitrogens with one attached hydrogen (secondary N) is 1. The monoisotopic (exact) mass is 391 g/mol. The Labute approximate surface area is 157 Å². The summed E-state index contributed by atoms with van der Waals surface area (Å²) in [5, 5.41) is 12.0. The lowest BCUT2D eigenvalue weighted by Gasteiger charge is -2.34. The number of anilines is 2. The first-order chi connectivity index (χ1) is 12.9. The molecular formula is C19H19F2N3O2S. The number of nitrogens with zero attached hydrogens (tertiary/aromatic N) is 2. The van der Waals surface area contributed by atoms with E-state index >= 15 is 0 Å². The zero-order chi connectivity index (χ0) is 19.4. The van der Waals surface area contributed by atoms with Crippen LogP contribution in [0.1, 0.15) is 18.4 Å². The molecule has 0 spiro atoms. The molecule has 5 nitrogen and oxygen atoms in total. The summed E-state index contributed by atoms with van der Waals surface area (Å²) in [5.74, 6) is -3.45. The molecule has 0 unspecified atom stereocenters. The van der Waals surface area contributed by atoms with E-state index in [0.29, 0.717) is 5.56 Å². The maximum Gasteiger partial charge on any atom is 0.341 e. The Morgan fingerprint density at radius 3 is 2.30 bits per heavy atom. The van der Waals surface area contributed by atoms with Crippen molar-refractivity contribution in [3.8, 4) is 6.07 Å². The van der Waals surface area contributed by atoms with Gasteiger partial charge in [0, 0.05) is 24.8 Å². The Morgan fingerprint density at radius 1 is 1.07 bits per heavy atom. The van der Waals surface area contributed by atoms with Crippen molar-refractivity contribution in [2.75, 3.05) is 23.3 Å². The van der Waals surface area contributed by atoms with Gasteiger partial charge < -0.3 is 10.2 Å². The van der Waals surface area contributed by atoms with Gasteiger partial charge in [0.25, 0.3) is 0 Å². The van der Waals surface area contributed by atoms with Gasteiger partial charge in [0.05, 0.1) is 22.2 Å². The van der Waals surface area contributed by atoms with Crippen LogP contribution in [-0.2, 0) is 9.84 Å². The lowest BCUT2D eigenvalue weighted by Crippen LogP contribution is -2.39. The molecule has 1 fully saturated rings. The molecule has 2 aromatic carbocycles. The molecule has 0 bridgehead atoms. The van der Waals surface area contributed by atoms with E-state index in [-0.39, 0.29) is 16.6 Å². The van der Waals surface area contributed by atoms with Crippen LogP contribution in [0.2, 0.25) is 0 Å². The Balaban J connectivity index is 1.67. The van der Waals surface area contributed by atoms with Crippen molar-refractivity contribution in [1.29, 1.82) is 5.26 Å². The van der Waals surface area contributed by atoms with Crippen molar-refractivity contribution in [2.45, 2.75) is 29.5 Å². The summed E-state index contributed by atoms with van der Waals surface area (Å²) >= 11 is 0. The topological polar surface area (TPSA) is 73.2 Å². The van der Waals surface area contributed by atoms with Crippen LogP contribution in [0.3, 0.4) is 0 Å². The lowest BCUT2D eigenvalue weighted by atomic mass is 10.0. The van der Waals surface area contributed by atoms with Crippen molar-refractivity contribution in [3.05, 3.63) is 54.1 Å². The summed E-state index contributed by atoms with van der Waals surface area (Å²) in [4.78, 5) is 1.82. The number of hydrogen-bond acceptors (Lipinski definition) is 5. The Bertz CT molecular complexity index is 932. The van der Waals surface area contributed by atoms with E-state index < -0.39 is 15.6 Å². The van der Waals surface area contributed by atoms with Crippen LogP contribution in [0.4, 0.5) is 20.2 Å². The fourth-order valence-corrected chi connectivity index (χ4v) is 4.07. The molecule has 1 heterocycles. The smallest absolute Gasteiger partial charge is 0.341 e. The molecule has 1 aliphatic heterocycles. The minimum absolute atomic E-state index is 0.00588. The first kappa shape index (κ1) is 19.1. The van der Waals surface area contributed by atoms with Crippen molar-refractivity contribution < 1.29 is 17.2 Å². The second kappa shape index (κ2) is 7.92. The highest BCUT2D eigenvalue weighted by molar-refractivity contribution is 7.91. The van der Waals surface area contributed by atoms with E-state index in [4.69, 9.17) is 5.26 Å². The summed E-state index contributed by atoms with van der Waals surface area (Å²) in [5.41, 5.74) is 1.84. The Morgan fingerprint density at radius 2 is 1.70 bits per heavy atom. The molecular weight excluding hydrogens is 372 g/mol. The number of para-hydroxylation sites is 1. The van der Waals surface area contributed by atoms with Crippen molar-refractivity contribution in [1.82, 2.24) is 0 Å². The van der Waals surface area contributed by atoms with Gasteiger partial charge in [-0.25, -0.2) is 8.42 Å². The minimum Gasteiger partial charge on any atom is -0.381 e. The summed E-state index contributed by atoms with van der Waals surface area (Å²) in [6.45, 7) is 1.49. The number of sulfone groups is 1. The third-order valence-electron chi connectivity index (χ3n) is 4.64. The van der Waals surface area contributed by atoms with Crippen LogP contribution < -0.4 is 10.2 Å². The molecule has 142 valence electrons. The normalized spacial score (nSPS) is 15.6. The zero-order valence-electron chi connectivity index (χ0n) is 14.5. The number of nitriles is 1. The first-order valence-corrected chi connectivity index (χ1v) is 10.1. The van der Waals surface area contributed by atoms with Gasteiger partial charge in [0.1, 0.15) is 0 Å². The van der Waals surface area contributed by atoms with Gasteiger partial charge in [0.2, 0.25) is 9.84 Å². The summed E-state index contributed by atoms with van der Waals surface area (Å²) < 4.78 is 49.5. The molecule has 2 aromatic rings. The average molecular weight is 391 g/mol. The molecule has 1 saturated heterocycles. The minimum atomic E-state index is -4.65. The summed E-state index contributed by atoms with van der Waals surface area (Å²) in [6.07, 6.45) is 1.48. The summed E-state index contributed by atoms with van der Waals surface area (Å²) in [6, 6.07) is 15.2. The fourth-order valence-electron chi connectivity index (χ4n) is 3.18. The highest BCUT2D eigenvalue weighted by atomic mass is 32.2. The van der Waals surface area contributed by atoms with Gasteiger partial charge in [-0.15, -0.1) is 0 Å². The molecule has 8 heteroatoms. The van der Waals surface area contributed by atoms with E-state index in [1.807, 2.05) is 12.1 Å². The molecule has 27 heavy (non-hydrogen) atoms. The third kappa shape index (κ3) is 4.19. The molecule has 1 N–H and O–H groups in total. The van der Waals surface area contributed by atoms with Gasteiger partial charge in [-0.05, 0) is 49.2 Å². The standard InChI is InChI=1S/C19H19F2N3O2S/c20-19(21)27(25,26)18-4-2-1-3-17(18)23-15-9-11-24(12-10-15)16-7-5-14(13-22)6-8-16/h1-8,15,19,23H,9-12H2. The Hall–Kier alpha value is -2.66. The SMILES string of the molecule is N#Cc1ccc(N2CCC(Nc3ccccc3S(=O)(=O)C(F)F)CC2)cc1. The van der Waals surface area contributed by atoms with Gasteiger partial charge in [0.15, 0.2) is 0 Å². The van der Waals surface area contributed by atoms with E-state index in [2.05, 4.69) is 16.3 Å². The quantitative estimate of drug-likeness (QED) is 0.843. The molecule has 0 amide bonds. The molecule has 0 aromatic heterocycles. The number of hydrogen-bond donors (Lipinski definition) is 1. The number of halogens is 2. The Kier molecular flexibility index (Phi) is 5.61. The van der Waals surface area contributed by atoms with E-state index in [1.165, 1.54) is 18.2 Å². The first-order valence-electron chi connectivity index (χ1n) is 8.54. The van der Waals surface area contributed by atoms with E-state index in [9.17, 15) is 17.2 Å². The zero-order valence-corrected chi connectivity index (χ0v) is 15.3. The van der Waals surface area contributed by atoms with Crippen molar-refractivity contribution in [2.24, 2.45) is 0 Å². The van der Waals surface area contributed by atoms with Crippen molar-refractivity contribution in [3.63, 3.8) is 0 Å². The molecule has 0 aliphatic carbocycles. The fraction of sp³-hybridized carbons (Fsp3) is 0.316.